The first-order chi connectivity index (χ1) is 12.5. The summed E-state index contributed by atoms with van der Waals surface area (Å²) in [5, 5.41) is 3.30. The molecule has 2 atom stereocenters. The van der Waals surface area contributed by atoms with Gasteiger partial charge in [-0.25, -0.2) is 13.1 Å². The van der Waals surface area contributed by atoms with Gasteiger partial charge in [0, 0.05) is 33.2 Å². The van der Waals surface area contributed by atoms with Crippen molar-refractivity contribution in [3.63, 3.8) is 0 Å². The van der Waals surface area contributed by atoms with Crippen LogP contribution >= 0.6 is 0 Å². The van der Waals surface area contributed by atoms with Crippen molar-refractivity contribution >= 4 is 16.0 Å². The molecule has 2 N–H and O–H groups in total. The molecule has 1 aliphatic heterocycles. The predicted octanol–water partition coefficient (Wildman–Crippen LogP) is 1.97. The Kier molecular flexibility index (Phi) is 6.19. The number of aliphatic imine (C=N–C) groups is 1. The number of benzene rings is 1. The molecular weight excluding hydrogens is 348 g/mol. The average molecular weight is 379 g/mol. The van der Waals surface area contributed by atoms with Gasteiger partial charge in [0.1, 0.15) is 0 Å². The van der Waals surface area contributed by atoms with E-state index in [0.717, 1.165) is 36.4 Å². The summed E-state index contributed by atoms with van der Waals surface area (Å²) in [4.78, 5) is 7.01. The van der Waals surface area contributed by atoms with Crippen LogP contribution in [0.4, 0.5) is 0 Å². The number of hydrogen-bond donors (Lipinski definition) is 2. The van der Waals surface area contributed by atoms with Gasteiger partial charge in [-0.15, -0.1) is 0 Å². The molecule has 144 valence electrons. The molecule has 1 saturated carbocycles. The van der Waals surface area contributed by atoms with Crippen LogP contribution < -0.4 is 10.0 Å². The second-order valence-corrected chi connectivity index (χ2v) is 9.16. The van der Waals surface area contributed by atoms with Crippen molar-refractivity contribution in [2.45, 2.75) is 37.5 Å². The first kappa shape index (κ1) is 19.2. The molecule has 2 unspecified atom stereocenters. The zero-order valence-electron chi connectivity index (χ0n) is 15.7. The highest BCUT2D eigenvalue weighted by atomic mass is 32.2. The second-order valence-electron chi connectivity index (χ2n) is 7.39. The molecule has 3 rings (SSSR count). The summed E-state index contributed by atoms with van der Waals surface area (Å²) in [5.41, 5.74) is 1.04. The maximum Gasteiger partial charge on any atom is 0.240 e. The van der Waals surface area contributed by atoms with Crippen LogP contribution in [-0.2, 0) is 10.0 Å². The van der Waals surface area contributed by atoms with E-state index in [9.17, 15) is 8.42 Å². The number of fused-ring (bicyclic) bond motifs is 1. The third-order valence-electron chi connectivity index (χ3n) is 5.52. The molecular formula is C19H30N4O2S. The van der Waals surface area contributed by atoms with Gasteiger partial charge in [0.2, 0.25) is 10.0 Å². The van der Waals surface area contributed by atoms with Gasteiger partial charge in [0.05, 0.1) is 4.90 Å². The molecule has 1 heterocycles. The van der Waals surface area contributed by atoms with E-state index in [1.165, 1.54) is 25.7 Å². The molecule has 0 radical (unpaired) electrons. The molecule has 0 bridgehead atoms. The molecule has 1 aromatic rings. The fraction of sp³-hybridized carbons (Fsp3) is 0.632. The van der Waals surface area contributed by atoms with Crippen LogP contribution in [0.25, 0.3) is 0 Å². The number of hydrogen-bond acceptors (Lipinski definition) is 3. The molecule has 1 aromatic carbocycles. The monoisotopic (exact) mass is 378 g/mol. The molecule has 26 heavy (non-hydrogen) atoms. The quantitative estimate of drug-likeness (QED) is 0.467. The van der Waals surface area contributed by atoms with E-state index in [1.807, 2.05) is 19.1 Å². The van der Waals surface area contributed by atoms with Gasteiger partial charge >= 0.3 is 0 Å². The largest absolute Gasteiger partial charge is 0.355 e. The molecule has 7 heteroatoms. The van der Waals surface area contributed by atoms with Gasteiger partial charge in [0.25, 0.3) is 0 Å². The maximum absolute atomic E-state index is 12.3. The molecule has 0 amide bonds. The summed E-state index contributed by atoms with van der Waals surface area (Å²) in [5.74, 6) is 2.47. The number of rotatable bonds is 5. The fourth-order valence-electron chi connectivity index (χ4n) is 4.07. The van der Waals surface area contributed by atoms with Crippen molar-refractivity contribution in [2.75, 3.05) is 33.2 Å². The number of guanidine groups is 1. The predicted molar refractivity (Wildman–Crippen MR) is 105 cm³/mol. The second kappa shape index (κ2) is 8.39. The first-order valence-corrected chi connectivity index (χ1v) is 11.0. The summed E-state index contributed by atoms with van der Waals surface area (Å²) >= 11 is 0. The minimum atomic E-state index is -3.46. The Morgan fingerprint density at radius 3 is 2.31 bits per heavy atom. The lowest BCUT2D eigenvalue weighted by Gasteiger charge is -2.22. The molecule has 1 aliphatic carbocycles. The number of nitrogens with zero attached hydrogens (tertiary/aromatic N) is 2. The van der Waals surface area contributed by atoms with Gasteiger partial charge in [-0.05, 0) is 43.7 Å². The molecule has 2 aliphatic rings. The topological polar surface area (TPSA) is 73.8 Å². The highest BCUT2D eigenvalue weighted by Crippen LogP contribution is 2.35. The Hall–Kier alpha value is -1.60. The standard InChI is InChI=1S/C19H30N4O2S/c1-15-7-9-18(10-8-15)26(24,25)22-12-11-21-19(20-2)23-13-16-5-3-4-6-17(16)14-23/h7-10,16-17,22H,3-6,11-14H2,1-2H3,(H,20,21). The zero-order chi connectivity index (χ0) is 18.6. The number of nitrogens with one attached hydrogen (secondary N) is 2. The normalized spacial score (nSPS) is 23.8. The highest BCUT2D eigenvalue weighted by molar-refractivity contribution is 7.89. The summed E-state index contributed by atoms with van der Waals surface area (Å²) in [7, 11) is -1.67. The van der Waals surface area contributed by atoms with E-state index < -0.39 is 10.0 Å². The summed E-state index contributed by atoms with van der Waals surface area (Å²) in [6.07, 6.45) is 5.35. The number of sulfonamides is 1. The van der Waals surface area contributed by atoms with Crippen LogP contribution in [0.5, 0.6) is 0 Å². The third-order valence-corrected chi connectivity index (χ3v) is 7.00. The van der Waals surface area contributed by atoms with E-state index in [0.29, 0.717) is 18.0 Å². The molecule has 2 fully saturated rings. The van der Waals surface area contributed by atoms with Crippen LogP contribution in [0, 0.1) is 18.8 Å². The number of likely N-dealkylation sites (tertiary alicyclic amines) is 1. The maximum atomic E-state index is 12.3. The van der Waals surface area contributed by atoms with Crippen molar-refractivity contribution in [3.05, 3.63) is 29.8 Å². The van der Waals surface area contributed by atoms with Crippen molar-refractivity contribution in [3.8, 4) is 0 Å². The van der Waals surface area contributed by atoms with Crippen molar-refractivity contribution in [2.24, 2.45) is 16.8 Å². The Balaban J connectivity index is 1.47. The van der Waals surface area contributed by atoms with Crippen LogP contribution in [0.2, 0.25) is 0 Å². The van der Waals surface area contributed by atoms with E-state index >= 15 is 0 Å². The molecule has 0 aromatic heterocycles. The summed E-state index contributed by atoms with van der Waals surface area (Å²) in [6.45, 7) is 4.92. The molecule has 0 spiro atoms. The van der Waals surface area contributed by atoms with Crippen LogP contribution in [0.3, 0.4) is 0 Å². The minimum Gasteiger partial charge on any atom is -0.355 e. The van der Waals surface area contributed by atoms with Gasteiger partial charge in [-0.2, -0.15) is 0 Å². The zero-order valence-corrected chi connectivity index (χ0v) is 16.6. The van der Waals surface area contributed by atoms with Gasteiger partial charge < -0.3 is 10.2 Å². The van der Waals surface area contributed by atoms with E-state index in [2.05, 4.69) is 19.9 Å². The smallest absolute Gasteiger partial charge is 0.240 e. The Morgan fingerprint density at radius 2 is 1.73 bits per heavy atom. The highest BCUT2D eigenvalue weighted by Gasteiger charge is 2.35. The SMILES string of the molecule is CN=C(NCCNS(=O)(=O)c1ccc(C)cc1)N1CC2CCCCC2C1. The lowest BCUT2D eigenvalue weighted by Crippen LogP contribution is -2.43. The lowest BCUT2D eigenvalue weighted by molar-refractivity contribution is 0.299. The summed E-state index contributed by atoms with van der Waals surface area (Å²) in [6, 6.07) is 6.88. The minimum absolute atomic E-state index is 0.302. The lowest BCUT2D eigenvalue weighted by atomic mass is 9.82. The van der Waals surface area contributed by atoms with Crippen LogP contribution in [0.15, 0.2) is 34.2 Å². The average Bonchev–Trinajstić information content (AvgIpc) is 3.06. The van der Waals surface area contributed by atoms with Crippen molar-refractivity contribution in [1.29, 1.82) is 0 Å². The first-order valence-electron chi connectivity index (χ1n) is 9.51. The van der Waals surface area contributed by atoms with Crippen molar-refractivity contribution < 1.29 is 8.42 Å². The third kappa shape index (κ3) is 4.57. The van der Waals surface area contributed by atoms with E-state index in [4.69, 9.17) is 0 Å². The van der Waals surface area contributed by atoms with Crippen LogP contribution in [0.1, 0.15) is 31.2 Å². The van der Waals surface area contributed by atoms with Gasteiger partial charge in [-0.1, -0.05) is 30.5 Å². The number of aryl methyl sites for hydroxylation is 1. The Morgan fingerprint density at radius 1 is 1.12 bits per heavy atom. The van der Waals surface area contributed by atoms with Gasteiger partial charge in [0.15, 0.2) is 5.96 Å². The summed E-state index contributed by atoms with van der Waals surface area (Å²) < 4.78 is 27.3. The van der Waals surface area contributed by atoms with Gasteiger partial charge in [-0.3, -0.25) is 4.99 Å². The Labute approximate surface area is 157 Å². The van der Waals surface area contributed by atoms with Crippen molar-refractivity contribution in [1.82, 2.24) is 14.9 Å². The Bertz CT molecular complexity index is 716. The molecule has 6 nitrogen and oxygen atoms in total. The molecule has 1 saturated heterocycles. The van der Waals surface area contributed by atoms with E-state index in [1.54, 1.807) is 19.2 Å². The van der Waals surface area contributed by atoms with Crippen LogP contribution in [-0.4, -0.2) is 52.5 Å². The van der Waals surface area contributed by atoms with E-state index in [-0.39, 0.29) is 0 Å². The fourth-order valence-corrected chi connectivity index (χ4v) is 5.10.